The molecule has 0 amide bonds. The van der Waals surface area contributed by atoms with E-state index in [0.29, 0.717) is 11.3 Å². The van der Waals surface area contributed by atoms with Crippen molar-refractivity contribution in [3.8, 4) is 11.3 Å². The van der Waals surface area contributed by atoms with E-state index in [1.54, 1.807) is 12.1 Å². The van der Waals surface area contributed by atoms with E-state index in [1.807, 2.05) is 35.6 Å². The van der Waals surface area contributed by atoms with Crippen LogP contribution < -0.4 is 10.5 Å². The molecule has 0 aliphatic carbocycles. The van der Waals surface area contributed by atoms with Crippen molar-refractivity contribution in [3.63, 3.8) is 0 Å². The summed E-state index contributed by atoms with van der Waals surface area (Å²) in [6, 6.07) is 12.7. The van der Waals surface area contributed by atoms with Gasteiger partial charge in [0, 0.05) is 22.8 Å². The molecule has 0 radical (unpaired) electrons. The first-order valence-corrected chi connectivity index (χ1v) is 8.78. The third-order valence-corrected chi connectivity index (χ3v) is 4.85. The molecule has 3 aromatic rings. The van der Waals surface area contributed by atoms with Crippen LogP contribution in [0.5, 0.6) is 0 Å². The number of hydrogen-bond acceptors (Lipinski definition) is 4. The number of aromatic amines is 1. The number of H-pyrrole nitrogens is 1. The van der Waals surface area contributed by atoms with E-state index in [0.717, 1.165) is 28.0 Å². The van der Waals surface area contributed by atoms with Gasteiger partial charge in [0.2, 0.25) is 0 Å². The summed E-state index contributed by atoms with van der Waals surface area (Å²) in [5.41, 5.74) is 9.61. The number of nitrogens with zero attached hydrogens (tertiary/aromatic N) is 3. The van der Waals surface area contributed by atoms with E-state index in [-0.39, 0.29) is 5.82 Å². The van der Waals surface area contributed by atoms with Crippen molar-refractivity contribution in [1.29, 1.82) is 0 Å². The van der Waals surface area contributed by atoms with E-state index in [1.165, 1.54) is 11.6 Å². The minimum atomic E-state index is -0.282. The molecule has 2 aliphatic rings. The molecule has 0 unspecified atom stereocenters. The first kappa shape index (κ1) is 15.7. The summed E-state index contributed by atoms with van der Waals surface area (Å²) in [6.45, 7) is 4.16. The van der Waals surface area contributed by atoms with Crippen molar-refractivity contribution in [2.75, 3.05) is 5.12 Å². The Labute approximate surface area is 156 Å². The molecule has 2 aliphatic heterocycles. The SMILES string of the molecule is CC1=CC2=CNN(c3ccc4[nH]nc(-c5ccccc5F)c4c3)N2C(C)=C1. The highest BCUT2D eigenvalue weighted by atomic mass is 19.1. The topological polar surface area (TPSA) is 47.2 Å². The van der Waals surface area contributed by atoms with Crippen molar-refractivity contribution in [2.24, 2.45) is 0 Å². The van der Waals surface area contributed by atoms with Crippen LogP contribution in [-0.4, -0.2) is 15.2 Å². The van der Waals surface area contributed by atoms with E-state index in [4.69, 9.17) is 0 Å². The van der Waals surface area contributed by atoms with Crippen LogP contribution in [0.1, 0.15) is 13.8 Å². The number of nitrogens with one attached hydrogen (secondary N) is 2. The normalized spacial score (nSPS) is 16.0. The fourth-order valence-corrected chi connectivity index (χ4v) is 3.67. The molecule has 0 atom stereocenters. The molecule has 0 fully saturated rings. The summed E-state index contributed by atoms with van der Waals surface area (Å²) < 4.78 is 14.3. The first-order valence-electron chi connectivity index (χ1n) is 8.78. The van der Waals surface area contributed by atoms with E-state index in [2.05, 4.69) is 46.6 Å². The summed E-state index contributed by atoms with van der Waals surface area (Å²) in [5, 5.41) is 12.3. The molecule has 3 heterocycles. The molecule has 2 N–H and O–H groups in total. The number of hydrogen-bond donors (Lipinski definition) is 2. The van der Waals surface area contributed by atoms with Crippen LogP contribution in [0, 0.1) is 5.82 Å². The predicted molar refractivity (Wildman–Crippen MR) is 105 cm³/mol. The van der Waals surface area contributed by atoms with Crippen LogP contribution in [-0.2, 0) is 0 Å². The molecular weight excluding hydrogens is 341 g/mol. The van der Waals surface area contributed by atoms with Crippen molar-refractivity contribution < 1.29 is 4.39 Å². The third-order valence-electron chi connectivity index (χ3n) is 4.85. The highest BCUT2D eigenvalue weighted by Crippen LogP contribution is 2.34. The van der Waals surface area contributed by atoms with Crippen LogP contribution in [0.2, 0.25) is 0 Å². The lowest BCUT2D eigenvalue weighted by Crippen LogP contribution is -2.42. The van der Waals surface area contributed by atoms with E-state index < -0.39 is 0 Å². The molecule has 0 saturated heterocycles. The van der Waals surface area contributed by atoms with Gasteiger partial charge in [-0.15, -0.1) is 0 Å². The average molecular weight is 359 g/mol. The molecule has 27 heavy (non-hydrogen) atoms. The summed E-state index contributed by atoms with van der Waals surface area (Å²) in [6.07, 6.45) is 6.23. The molecule has 6 heteroatoms. The van der Waals surface area contributed by atoms with Gasteiger partial charge in [-0.1, -0.05) is 12.1 Å². The number of rotatable bonds is 2. The summed E-state index contributed by atoms with van der Waals surface area (Å²) in [5.74, 6) is -0.282. The van der Waals surface area contributed by atoms with Crippen LogP contribution >= 0.6 is 0 Å². The largest absolute Gasteiger partial charge is 0.284 e. The Morgan fingerprint density at radius 1 is 1.04 bits per heavy atom. The molecule has 134 valence electrons. The molecule has 1 aromatic heterocycles. The maximum absolute atomic E-state index is 14.3. The average Bonchev–Trinajstić information content (AvgIpc) is 3.26. The second-order valence-corrected chi connectivity index (χ2v) is 6.78. The number of allylic oxidation sites excluding steroid dienone is 4. The number of benzene rings is 2. The standard InChI is InChI=1S/C21H18FN5/c1-13-9-14(2)26-16(10-13)12-23-27(26)15-7-8-20-18(11-15)21(25-24-20)17-5-3-4-6-19(17)22/h3-12,23H,1-2H3,(H,24,25). The molecular formula is C21H18FN5. The Morgan fingerprint density at radius 3 is 2.74 bits per heavy atom. The Morgan fingerprint density at radius 2 is 1.89 bits per heavy atom. The Bertz CT molecular complexity index is 1150. The summed E-state index contributed by atoms with van der Waals surface area (Å²) in [7, 11) is 0. The van der Waals surface area contributed by atoms with Crippen LogP contribution in [0.4, 0.5) is 10.1 Å². The Hall–Kier alpha value is -3.54. The minimum absolute atomic E-state index is 0.282. The zero-order valence-electron chi connectivity index (χ0n) is 15.0. The predicted octanol–water partition coefficient (Wildman–Crippen LogP) is 4.62. The maximum Gasteiger partial charge on any atom is 0.132 e. The van der Waals surface area contributed by atoms with Gasteiger partial charge in [-0.25, -0.2) is 9.40 Å². The molecule has 5 rings (SSSR count). The fraction of sp³-hybridized carbons (Fsp3) is 0.0952. The number of halogens is 1. The number of aromatic nitrogens is 2. The van der Waals surface area contributed by atoms with Crippen LogP contribution in [0.3, 0.4) is 0 Å². The van der Waals surface area contributed by atoms with Crippen molar-refractivity contribution in [3.05, 3.63) is 83.6 Å². The fourth-order valence-electron chi connectivity index (χ4n) is 3.67. The molecule has 0 spiro atoms. The van der Waals surface area contributed by atoms with Gasteiger partial charge in [-0.05, 0) is 61.9 Å². The second kappa shape index (κ2) is 5.74. The Balaban J connectivity index is 1.59. The van der Waals surface area contributed by atoms with Crippen molar-refractivity contribution >= 4 is 16.6 Å². The lowest BCUT2D eigenvalue weighted by molar-refractivity contribution is 0.405. The number of anilines is 1. The monoisotopic (exact) mass is 359 g/mol. The molecule has 0 bridgehead atoms. The van der Waals surface area contributed by atoms with Gasteiger partial charge in [-0.2, -0.15) is 10.2 Å². The van der Waals surface area contributed by atoms with Gasteiger partial charge < -0.3 is 0 Å². The highest BCUT2D eigenvalue weighted by Gasteiger charge is 2.27. The van der Waals surface area contributed by atoms with Crippen molar-refractivity contribution in [2.45, 2.75) is 13.8 Å². The maximum atomic E-state index is 14.3. The van der Waals surface area contributed by atoms with E-state index >= 15 is 0 Å². The second-order valence-electron chi connectivity index (χ2n) is 6.78. The third kappa shape index (κ3) is 2.41. The summed E-state index contributed by atoms with van der Waals surface area (Å²) in [4.78, 5) is 0. The van der Waals surface area contributed by atoms with Crippen LogP contribution in [0.15, 0.2) is 77.8 Å². The number of hydrazine groups is 2. The van der Waals surface area contributed by atoms with Crippen LogP contribution in [0.25, 0.3) is 22.2 Å². The molecule has 2 aromatic carbocycles. The van der Waals surface area contributed by atoms with Gasteiger partial charge in [0.1, 0.15) is 11.5 Å². The first-order chi connectivity index (χ1) is 13.1. The van der Waals surface area contributed by atoms with E-state index in [9.17, 15) is 4.39 Å². The number of fused-ring (bicyclic) bond motifs is 2. The van der Waals surface area contributed by atoms with Gasteiger partial charge in [0.05, 0.1) is 16.9 Å². The smallest absolute Gasteiger partial charge is 0.132 e. The summed E-state index contributed by atoms with van der Waals surface area (Å²) >= 11 is 0. The molecule has 5 nitrogen and oxygen atoms in total. The van der Waals surface area contributed by atoms with Gasteiger partial charge in [0.25, 0.3) is 0 Å². The zero-order chi connectivity index (χ0) is 18.5. The van der Waals surface area contributed by atoms with Gasteiger partial charge in [0.15, 0.2) is 0 Å². The quantitative estimate of drug-likeness (QED) is 0.701. The Kier molecular flexibility index (Phi) is 3.33. The molecule has 0 saturated carbocycles. The highest BCUT2D eigenvalue weighted by molar-refractivity contribution is 5.95. The lowest BCUT2D eigenvalue weighted by atomic mass is 10.1. The van der Waals surface area contributed by atoms with Crippen molar-refractivity contribution in [1.82, 2.24) is 20.6 Å². The van der Waals surface area contributed by atoms with Gasteiger partial charge >= 0.3 is 0 Å². The van der Waals surface area contributed by atoms with Gasteiger partial charge in [-0.3, -0.25) is 10.5 Å². The minimum Gasteiger partial charge on any atom is -0.284 e. The lowest BCUT2D eigenvalue weighted by Gasteiger charge is -2.34. The zero-order valence-corrected chi connectivity index (χ0v) is 15.0.